The van der Waals surface area contributed by atoms with Gasteiger partial charge in [0, 0.05) is 10.9 Å². The second-order valence-corrected chi connectivity index (χ2v) is 6.79. The largest absolute Gasteiger partial charge is 0.504 e. The molecule has 0 spiro atoms. The van der Waals surface area contributed by atoms with Crippen molar-refractivity contribution in [2.75, 3.05) is 13.4 Å². The van der Waals surface area contributed by atoms with Crippen molar-refractivity contribution >= 4 is 23.0 Å². The van der Waals surface area contributed by atoms with Crippen LogP contribution in [0.5, 0.6) is 23.0 Å². The minimum atomic E-state index is 0.0665. The number of thiazole rings is 1. The van der Waals surface area contributed by atoms with Crippen LogP contribution in [0.3, 0.4) is 0 Å². The topological polar surface area (TPSA) is 84.6 Å². The molecule has 0 aliphatic carbocycles. The molecule has 140 valence electrons. The molecule has 0 bridgehead atoms. The van der Waals surface area contributed by atoms with Gasteiger partial charge >= 0.3 is 0 Å². The molecule has 0 unspecified atom stereocenters. The number of nitriles is 1. The van der Waals surface area contributed by atoms with Crippen LogP contribution >= 0.6 is 11.3 Å². The van der Waals surface area contributed by atoms with Gasteiger partial charge in [0.05, 0.1) is 17.9 Å². The van der Waals surface area contributed by atoms with Gasteiger partial charge < -0.3 is 19.3 Å². The maximum atomic E-state index is 9.83. The lowest BCUT2D eigenvalue weighted by atomic mass is 10.1. The summed E-state index contributed by atoms with van der Waals surface area (Å²) in [6.07, 6.45) is 1.73. The van der Waals surface area contributed by atoms with Crippen LogP contribution < -0.4 is 14.2 Å². The van der Waals surface area contributed by atoms with Crippen molar-refractivity contribution in [2.24, 2.45) is 0 Å². The third kappa shape index (κ3) is 3.50. The molecule has 2 aromatic carbocycles. The van der Waals surface area contributed by atoms with Gasteiger partial charge in [-0.2, -0.15) is 5.26 Å². The highest BCUT2D eigenvalue weighted by Gasteiger charge is 2.16. The van der Waals surface area contributed by atoms with Gasteiger partial charge in [0.15, 0.2) is 23.0 Å². The van der Waals surface area contributed by atoms with E-state index in [2.05, 4.69) is 11.1 Å². The van der Waals surface area contributed by atoms with E-state index >= 15 is 0 Å². The molecule has 6 nitrogen and oxygen atoms in total. The van der Waals surface area contributed by atoms with Crippen molar-refractivity contribution in [2.45, 2.75) is 6.92 Å². The predicted octanol–water partition coefficient (Wildman–Crippen LogP) is 4.71. The Balaban J connectivity index is 1.64. The molecule has 1 aliphatic rings. The first-order valence-electron chi connectivity index (χ1n) is 8.61. The van der Waals surface area contributed by atoms with E-state index in [0.29, 0.717) is 34.4 Å². The minimum absolute atomic E-state index is 0.0665. The van der Waals surface area contributed by atoms with Gasteiger partial charge in [0.25, 0.3) is 0 Å². The van der Waals surface area contributed by atoms with Crippen LogP contribution in [0.15, 0.2) is 41.8 Å². The lowest BCUT2D eigenvalue weighted by molar-refractivity contribution is 0.174. The van der Waals surface area contributed by atoms with Crippen molar-refractivity contribution in [3.63, 3.8) is 0 Å². The number of rotatable bonds is 5. The standard InChI is InChI=1S/C21H16N2O4S/c1-2-25-19-8-13(3-5-17(19)24)7-15(10-22)21-23-16(11-28-21)14-4-6-18-20(9-14)27-12-26-18/h3-9,11,24H,2,12H2,1H3/b15-7-. The molecule has 0 fully saturated rings. The summed E-state index contributed by atoms with van der Waals surface area (Å²) < 4.78 is 16.1. The highest BCUT2D eigenvalue weighted by Crippen LogP contribution is 2.37. The molecule has 28 heavy (non-hydrogen) atoms. The van der Waals surface area contributed by atoms with Gasteiger partial charge in [0.1, 0.15) is 11.1 Å². The Bertz CT molecular complexity index is 1100. The zero-order valence-corrected chi connectivity index (χ0v) is 15.8. The highest BCUT2D eigenvalue weighted by molar-refractivity contribution is 7.11. The van der Waals surface area contributed by atoms with E-state index in [1.807, 2.05) is 30.5 Å². The fourth-order valence-electron chi connectivity index (χ4n) is 2.79. The normalized spacial score (nSPS) is 12.6. The number of fused-ring (bicyclic) bond motifs is 1. The zero-order valence-electron chi connectivity index (χ0n) is 15.0. The number of ether oxygens (including phenoxy) is 3. The van der Waals surface area contributed by atoms with Gasteiger partial charge in [-0.25, -0.2) is 4.98 Å². The Labute approximate surface area is 165 Å². The molecule has 2 heterocycles. The van der Waals surface area contributed by atoms with E-state index in [-0.39, 0.29) is 12.5 Å². The van der Waals surface area contributed by atoms with Crippen molar-refractivity contribution in [3.8, 4) is 40.3 Å². The summed E-state index contributed by atoms with van der Waals surface area (Å²) >= 11 is 1.39. The van der Waals surface area contributed by atoms with Gasteiger partial charge in [-0.05, 0) is 48.9 Å². The van der Waals surface area contributed by atoms with E-state index in [0.717, 1.165) is 16.8 Å². The second-order valence-electron chi connectivity index (χ2n) is 5.94. The predicted molar refractivity (Wildman–Crippen MR) is 106 cm³/mol. The van der Waals surface area contributed by atoms with Crippen molar-refractivity contribution in [3.05, 3.63) is 52.3 Å². The number of benzene rings is 2. The molecule has 1 aromatic heterocycles. The fourth-order valence-corrected chi connectivity index (χ4v) is 3.58. The van der Waals surface area contributed by atoms with Gasteiger partial charge in [0.2, 0.25) is 6.79 Å². The van der Waals surface area contributed by atoms with Crippen LogP contribution in [0, 0.1) is 11.3 Å². The maximum absolute atomic E-state index is 9.83. The smallest absolute Gasteiger partial charge is 0.231 e. The number of aromatic hydroxyl groups is 1. The molecular formula is C21H16N2O4S. The molecule has 0 saturated heterocycles. The Morgan fingerprint density at radius 2 is 2.14 bits per heavy atom. The summed E-state index contributed by atoms with van der Waals surface area (Å²) in [5.41, 5.74) is 2.84. The molecule has 4 rings (SSSR count). The summed E-state index contributed by atoms with van der Waals surface area (Å²) in [7, 11) is 0. The molecular weight excluding hydrogens is 376 g/mol. The summed E-state index contributed by atoms with van der Waals surface area (Å²) in [6, 6.07) is 12.8. The number of hydrogen-bond acceptors (Lipinski definition) is 7. The molecule has 1 aliphatic heterocycles. The quantitative estimate of drug-likeness (QED) is 0.633. The van der Waals surface area contributed by atoms with E-state index < -0.39 is 0 Å². The molecule has 1 N–H and O–H groups in total. The van der Waals surface area contributed by atoms with Crippen LogP contribution in [-0.4, -0.2) is 23.5 Å². The number of nitrogens with zero attached hydrogens (tertiary/aromatic N) is 2. The first-order chi connectivity index (χ1) is 13.7. The van der Waals surface area contributed by atoms with E-state index in [9.17, 15) is 10.4 Å². The minimum Gasteiger partial charge on any atom is -0.504 e. The van der Waals surface area contributed by atoms with Gasteiger partial charge in [-0.3, -0.25) is 0 Å². The van der Waals surface area contributed by atoms with Gasteiger partial charge in [-0.1, -0.05) is 6.07 Å². The average Bonchev–Trinajstić information content (AvgIpc) is 3.37. The van der Waals surface area contributed by atoms with Gasteiger partial charge in [-0.15, -0.1) is 11.3 Å². The van der Waals surface area contributed by atoms with Crippen LogP contribution in [0.25, 0.3) is 22.9 Å². The van der Waals surface area contributed by atoms with E-state index in [1.54, 1.807) is 24.3 Å². The van der Waals surface area contributed by atoms with Crippen LogP contribution in [0.4, 0.5) is 0 Å². The van der Waals surface area contributed by atoms with Crippen LogP contribution in [-0.2, 0) is 0 Å². The fraction of sp³-hybridized carbons (Fsp3) is 0.143. The van der Waals surface area contributed by atoms with Crippen molar-refractivity contribution in [1.82, 2.24) is 4.98 Å². The molecule has 0 amide bonds. The number of hydrogen-bond donors (Lipinski definition) is 1. The number of phenols is 1. The third-order valence-electron chi connectivity index (χ3n) is 4.12. The number of allylic oxidation sites excluding steroid dienone is 1. The Hall–Kier alpha value is -3.50. The molecule has 3 aromatic rings. The number of aromatic nitrogens is 1. The summed E-state index contributed by atoms with van der Waals surface area (Å²) in [5.74, 6) is 1.86. The Morgan fingerprint density at radius 3 is 2.96 bits per heavy atom. The molecule has 7 heteroatoms. The van der Waals surface area contributed by atoms with Crippen LogP contribution in [0.1, 0.15) is 17.5 Å². The summed E-state index contributed by atoms with van der Waals surface area (Å²) in [4.78, 5) is 4.60. The third-order valence-corrected chi connectivity index (χ3v) is 4.99. The first-order valence-corrected chi connectivity index (χ1v) is 9.49. The van der Waals surface area contributed by atoms with Crippen molar-refractivity contribution in [1.29, 1.82) is 5.26 Å². The lowest BCUT2D eigenvalue weighted by Gasteiger charge is -2.06. The lowest BCUT2D eigenvalue weighted by Crippen LogP contribution is -1.92. The monoisotopic (exact) mass is 392 g/mol. The van der Waals surface area contributed by atoms with E-state index in [1.165, 1.54) is 11.3 Å². The molecule has 0 radical (unpaired) electrons. The molecule has 0 saturated carbocycles. The summed E-state index contributed by atoms with van der Waals surface area (Å²) in [6.45, 7) is 2.51. The van der Waals surface area contributed by atoms with E-state index in [4.69, 9.17) is 14.2 Å². The first kappa shape index (κ1) is 17.9. The Kier molecular flexibility index (Phi) is 4.87. The second kappa shape index (κ2) is 7.62. The maximum Gasteiger partial charge on any atom is 0.231 e. The SMILES string of the molecule is CCOc1cc(/C=C(/C#N)c2nc(-c3ccc4c(c3)OCO4)cs2)ccc1O. The van der Waals surface area contributed by atoms with Crippen molar-refractivity contribution < 1.29 is 19.3 Å². The molecule has 0 atom stereocenters. The highest BCUT2D eigenvalue weighted by atomic mass is 32.1. The number of phenolic OH excluding ortho intramolecular Hbond substituents is 1. The average molecular weight is 392 g/mol. The Morgan fingerprint density at radius 1 is 1.29 bits per heavy atom. The zero-order chi connectivity index (χ0) is 19.5. The van der Waals surface area contributed by atoms with Crippen LogP contribution in [0.2, 0.25) is 0 Å². The summed E-state index contributed by atoms with van der Waals surface area (Å²) in [5, 5.41) is 22.0.